The average molecular weight is 417 g/mol. The predicted octanol–water partition coefficient (Wildman–Crippen LogP) is 5.48. The van der Waals surface area contributed by atoms with Crippen LogP contribution < -0.4 is 5.32 Å². The Balaban J connectivity index is 1.83. The van der Waals surface area contributed by atoms with Crippen LogP contribution in [-0.4, -0.2) is 34.7 Å². The number of ether oxygens (including phenoxy) is 1. The standard InChI is InChI=1S/C22H28N2O2S2/c1-4-26-21(25)19-14-18(13-17-11-6-5-7-12-17)28-20(19)23-22(27)24-15(2)9-8-10-16(24)3/h5-7,11-12,14-16H,4,8-10,13H2,1-3H3,(H,23,27). The van der Waals surface area contributed by atoms with Crippen molar-refractivity contribution in [2.24, 2.45) is 0 Å². The fraction of sp³-hybridized carbons (Fsp3) is 0.455. The third kappa shape index (κ3) is 4.92. The molecule has 1 saturated heterocycles. The zero-order valence-electron chi connectivity index (χ0n) is 16.7. The minimum absolute atomic E-state index is 0.303. The second-order valence-electron chi connectivity index (χ2n) is 7.30. The molecular formula is C22H28N2O2S2. The number of hydrogen-bond donors (Lipinski definition) is 1. The van der Waals surface area contributed by atoms with E-state index in [0.717, 1.165) is 29.1 Å². The highest BCUT2D eigenvalue weighted by Gasteiger charge is 2.28. The molecule has 0 saturated carbocycles. The van der Waals surface area contributed by atoms with Gasteiger partial charge >= 0.3 is 5.97 Å². The number of anilines is 1. The van der Waals surface area contributed by atoms with Gasteiger partial charge in [-0.05, 0) is 63.9 Å². The van der Waals surface area contributed by atoms with Crippen LogP contribution in [0.5, 0.6) is 0 Å². The number of carbonyl (C=O) groups excluding carboxylic acids is 1. The Kier molecular flexibility index (Phi) is 7.08. The number of benzene rings is 1. The van der Waals surface area contributed by atoms with Crippen LogP contribution in [-0.2, 0) is 11.2 Å². The number of thiophene rings is 1. The molecule has 1 aromatic heterocycles. The van der Waals surface area contributed by atoms with Crippen LogP contribution in [0, 0.1) is 0 Å². The van der Waals surface area contributed by atoms with Gasteiger partial charge < -0.3 is 15.0 Å². The van der Waals surface area contributed by atoms with Gasteiger partial charge in [0.15, 0.2) is 5.11 Å². The highest BCUT2D eigenvalue weighted by molar-refractivity contribution is 7.80. The largest absolute Gasteiger partial charge is 0.462 e. The third-order valence-corrected chi connectivity index (χ3v) is 6.51. The molecule has 6 heteroatoms. The smallest absolute Gasteiger partial charge is 0.341 e. The number of piperidine rings is 1. The van der Waals surface area contributed by atoms with Crippen molar-refractivity contribution in [1.29, 1.82) is 0 Å². The molecule has 0 amide bonds. The first kappa shape index (κ1) is 20.8. The van der Waals surface area contributed by atoms with Crippen LogP contribution in [0.3, 0.4) is 0 Å². The number of likely N-dealkylation sites (tertiary alicyclic amines) is 1. The predicted molar refractivity (Wildman–Crippen MR) is 120 cm³/mol. The summed E-state index contributed by atoms with van der Waals surface area (Å²) < 4.78 is 5.27. The van der Waals surface area contributed by atoms with E-state index < -0.39 is 0 Å². The quantitative estimate of drug-likeness (QED) is 0.517. The fourth-order valence-corrected chi connectivity index (χ4v) is 5.37. The van der Waals surface area contributed by atoms with E-state index in [-0.39, 0.29) is 5.97 Å². The van der Waals surface area contributed by atoms with Crippen molar-refractivity contribution < 1.29 is 9.53 Å². The molecule has 1 N–H and O–H groups in total. The van der Waals surface area contributed by atoms with Gasteiger partial charge in [-0.15, -0.1) is 11.3 Å². The Labute approximate surface area is 176 Å². The van der Waals surface area contributed by atoms with Crippen LogP contribution in [0.4, 0.5) is 5.00 Å². The van der Waals surface area contributed by atoms with Crippen molar-refractivity contribution >= 4 is 39.6 Å². The summed E-state index contributed by atoms with van der Waals surface area (Å²) in [4.78, 5) is 15.9. The van der Waals surface area contributed by atoms with E-state index in [1.54, 1.807) is 11.3 Å². The maximum Gasteiger partial charge on any atom is 0.341 e. The van der Waals surface area contributed by atoms with Gasteiger partial charge in [-0.3, -0.25) is 0 Å². The zero-order chi connectivity index (χ0) is 20.1. The molecule has 150 valence electrons. The van der Waals surface area contributed by atoms with Gasteiger partial charge in [0.2, 0.25) is 0 Å². The SMILES string of the molecule is CCOC(=O)c1cc(Cc2ccccc2)sc1NC(=S)N1C(C)CCCC1C. The number of rotatable bonds is 5. The van der Waals surface area contributed by atoms with Crippen molar-refractivity contribution in [2.45, 2.75) is 58.5 Å². The van der Waals surface area contributed by atoms with Crippen molar-refractivity contribution in [2.75, 3.05) is 11.9 Å². The molecule has 2 aromatic rings. The highest BCUT2D eigenvalue weighted by Crippen LogP contribution is 2.32. The van der Waals surface area contributed by atoms with Crippen molar-refractivity contribution in [3.63, 3.8) is 0 Å². The fourth-order valence-electron chi connectivity index (χ4n) is 3.76. The molecule has 2 atom stereocenters. The second kappa shape index (κ2) is 9.52. The summed E-state index contributed by atoms with van der Waals surface area (Å²) in [6.45, 7) is 6.60. The molecule has 1 aromatic carbocycles. The van der Waals surface area contributed by atoms with E-state index in [4.69, 9.17) is 17.0 Å². The molecule has 2 unspecified atom stereocenters. The van der Waals surface area contributed by atoms with Crippen molar-refractivity contribution in [1.82, 2.24) is 4.90 Å². The number of nitrogens with one attached hydrogen (secondary N) is 1. The molecule has 0 bridgehead atoms. The number of nitrogens with zero attached hydrogens (tertiary/aromatic N) is 1. The Hall–Kier alpha value is -1.92. The van der Waals surface area contributed by atoms with E-state index in [9.17, 15) is 4.79 Å². The van der Waals surface area contributed by atoms with E-state index in [0.29, 0.717) is 29.4 Å². The number of thiocarbonyl (C=S) groups is 1. The molecule has 0 radical (unpaired) electrons. The van der Waals surface area contributed by atoms with Crippen LogP contribution in [0.1, 0.15) is 60.8 Å². The normalized spacial score (nSPS) is 19.3. The average Bonchev–Trinajstić information content (AvgIpc) is 3.05. The Bertz CT molecular complexity index is 809. The lowest BCUT2D eigenvalue weighted by molar-refractivity contribution is 0.0528. The highest BCUT2D eigenvalue weighted by atomic mass is 32.1. The molecule has 2 heterocycles. The summed E-state index contributed by atoms with van der Waals surface area (Å²) in [6.07, 6.45) is 4.29. The number of carbonyl (C=O) groups is 1. The van der Waals surface area contributed by atoms with Gasteiger partial charge in [-0.25, -0.2) is 4.79 Å². The summed E-state index contributed by atoms with van der Waals surface area (Å²) in [6, 6.07) is 13.0. The molecular weight excluding hydrogens is 388 g/mol. The maximum absolute atomic E-state index is 12.5. The molecule has 1 aliphatic rings. The minimum atomic E-state index is -0.303. The van der Waals surface area contributed by atoms with Gasteiger partial charge in [0.1, 0.15) is 5.00 Å². The number of hydrogen-bond acceptors (Lipinski definition) is 4. The zero-order valence-corrected chi connectivity index (χ0v) is 18.4. The first-order valence-electron chi connectivity index (χ1n) is 9.92. The van der Waals surface area contributed by atoms with E-state index in [1.165, 1.54) is 12.0 Å². The Morgan fingerprint density at radius 3 is 2.57 bits per heavy atom. The van der Waals surface area contributed by atoms with Crippen LogP contribution >= 0.6 is 23.6 Å². The van der Waals surface area contributed by atoms with E-state index in [2.05, 4.69) is 36.2 Å². The van der Waals surface area contributed by atoms with Gasteiger partial charge in [-0.1, -0.05) is 30.3 Å². The monoisotopic (exact) mass is 416 g/mol. The summed E-state index contributed by atoms with van der Waals surface area (Å²) in [5, 5.41) is 4.83. The van der Waals surface area contributed by atoms with Crippen molar-refractivity contribution in [3.8, 4) is 0 Å². The first-order valence-corrected chi connectivity index (χ1v) is 11.1. The van der Waals surface area contributed by atoms with Gasteiger partial charge in [0.05, 0.1) is 12.2 Å². The molecule has 1 aliphatic heterocycles. The lowest BCUT2D eigenvalue weighted by Crippen LogP contribution is -2.49. The van der Waals surface area contributed by atoms with Gasteiger partial charge in [0, 0.05) is 23.4 Å². The van der Waals surface area contributed by atoms with E-state index in [1.807, 2.05) is 31.2 Å². The summed E-state index contributed by atoms with van der Waals surface area (Å²) in [5.41, 5.74) is 1.78. The summed E-state index contributed by atoms with van der Waals surface area (Å²) in [5.74, 6) is -0.303. The minimum Gasteiger partial charge on any atom is -0.462 e. The van der Waals surface area contributed by atoms with Crippen LogP contribution in [0.25, 0.3) is 0 Å². The second-order valence-corrected chi connectivity index (χ2v) is 8.83. The maximum atomic E-state index is 12.5. The van der Waals surface area contributed by atoms with Gasteiger partial charge in [-0.2, -0.15) is 0 Å². The molecule has 28 heavy (non-hydrogen) atoms. The van der Waals surface area contributed by atoms with Crippen LogP contribution in [0.2, 0.25) is 0 Å². The molecule has 4 nitrogen and oxygen atoms in total. The molecule has 3 rings (SSSR count). The molecule has 0 aliphatic carbocycles. The van der Waals surface area contributed by atoms with E-state index >= 15 is 0 Å². The van der Waals surface area contributed by atoms with Crippen LogP contribution in [0.15, 0.2) is 36.4 Å². The molecule has 0 spiro atoms. The van der Waals surface area contributed by atoms with Crippen molar-refractivity contribution in [3.05, 3.63) is 52.4 Å². The van der Waals surface area contributed by atoms with Gasteiger partial charge in [0.25, 0.3) is 0 Å². The summed E-state index contributed by atoms with van der Waals surface area (Å²) >= 11 is 7.31. The lowest BCUT2D eigenvalue weighted by atomic mass is 9.98. The molecule has 1 fully saturated rings. The summed E-state index contributed by atoms with van der Waals surface area (Å²) in [7, 11) is 0. The third-order valence-electron chi connectivity index (χ3n) is 5.15. The topological polar surface area (TPSA) is 41.6 Å². The first-order chi connectivity index (χ1) is 13.5. The Morgan fingerprint density at radius 2 is 1.93 bits per heavy atom. The Morgan fingerprint density at radius 1 is 1.25 bits per heavy atom. The number of esters is 1. The lowest BCUT2D eigenvalue weighted by Gasteiger charge is -2.40.